The minimum atomic E-state index is -0.990. The van der Waals surface area contributed by atoms with Gasteiger partial charge >= 0.3 is 0 Å². The van der Waals surface area contributed by atoms with Gasteiger partial charge in [0.25, 0.3) is 0 Å². The van der Waals surface area contributed by atoms with E-state index in [2.05, 4.69) is 10.6 Å². The molecule has 8 heteroatoms. The second-order valence-corrected chi connectivity index (χ2v) is 10.6. The van der Waals surface area contributed by atoms with Crippen LogP contribution in [-0.2, 0) is 20.7 Å². The highest BCUT2D eigenvalue weighted by Crippen LogP contribution is 2.43. The quantitative estimate of drug-likeness (QED) is 0.278. The van der Waals surface area contributed by atoms with Crippen molar-refractivity contribution in [2.45, 2.75) is 50.0 Å². The van der Waals surface area contributed by atoms with E-state index < -0.39 is 29.9 Å². The summed E-state index contributed by atoms with van der Waals surface area (Å²) in [6.45, 7) is 0.619. The first-order chi connectivity index (χ1) is 20.0. The number of aliphatic hydroxyl groups is 1. The molecule has 3 aromatic carbocycles. The number of carbonyl (C=O) groups is 2. The van der Waals surface area contributed by atoms with Crippen LogP contribution in [0.2, 0.25) is 0 Å². The third-order valence-electron chi connectivity index (χ3n) is 7.72. The minimum Gasteiger partial charge on any atom is -0.457 e. The van der Waals surface area contributed by atoms with Gasteiger partial charge in [-0.15, -0.1) is 0 Å². The van der Waals surface area contributed by atoms with Crippen molar-refractivity contribution in [2.75, 3.05) is 13.2 Å². The number of amides is 2. The number of aliphatic hydroxyl groups excluding tert-OH is 1. The molecule has 1 heterocycles. The number of primary amides is 1. The van der Waals surface area contributed by atoms with Crippen molar-refractivity contribution in [1.82, 2.24) is 10.6 Å². The number of para-hydroxylation sites is 1. The molecule has 3 aromatic rings. The summed E-state index contributed by atoms with van der Waals surface area (Å²) >= 11 is 0. The Morgan fingerprint density at radius 1 is 0.976 bits per heavy atom. The zero-order valence-electron chi connectivity index (χ0n) is 22.9. The van der Waals surface area contributed by atoms with Crippen LogP contribution >= 0.6 is 0 Å². The van der Waals surface area contributed by atoms with Gasteiger partial charge < -0.3 is 30.9 Å². The van der Waals surface area contributed by atoms with Crippen LogP contribution in [-0.4, -0.2) is 42.2 Å². The lowest BCUT2D eigenvalue weighted by molar-refractivity contribution is -0.134. The first-order valence-corrected chi connectivity index (χ1v) is 14.2. The summed E-state index contributed by atoms with van der Waals surface area (Å²) in [5.41, 5.74) is 8.70. The summed E-state index contributed by atoms with van der Waals surface area (Å²) in [5, 5.41) is 17.8. The number of hydrogen-bond acceptors (Lipinski definition) is 6. The molecule has 0 spiro atoms. The van der Waals surface area contributed by atoms with Crippen molar-refractivity contribution < 1.29 is 24.2 Å². The Balaban J connectivity index is 1.40. The number of nitrogens with one attached hydrogen (secondary N) is 2. The molecule has 5 N–H and O–H groups in total. The second-order valence-electron chi connectivity index (χ2n) is 10.6. The lowest BCUT2D eigenvalue weighted by Crippen LogP contribution is -2.52. The Kier molecular flexibility index (Phi) is 9.46. The number of carbonyl (C=O) groups excluding carboxylic acids is 2. The standard InChI is InChI=1S/C33H37N3O5/c34-32(38)26-14-8-3-9-17-40-31-20-28(27-19-24(15-16-25(27)31)41-23-12-6-2-7-13-23)35-21-30(37)29(36-33(26)39)18-22-10-4-1-5-11-22/h1-7,9-13,15-16,19,26,28-31,35,37H,8,14,17-18,20-21H2,(H2,34,38)(H,36,39)/b9-3+/t26-,28?,29-,30+,31?/m0/s1. The highest BCUT2D eigenvalue weighted by molar-refractivity contribution is 5.99. The lowest BCUT2D eigenvalue weighted by atomic mass is 9.97. The summed E-state index contributed by atoms with van der Waals surface area (Å²) in [7, 11) is 0. The maximum absolute atomic E-state index is 13.2. The molecule has 0 radical (unpaired) electrons. The average molecular weight is 556 g/mol. The first kappa shape index (κ1) is 28.5. The Morgan fingerprint density at radius 3 is 2.49 bits per heavy atom. The van der Waals surface area contributed by atoms with Crippen LogP contribution in [0.1, 0.15) is 48.1 Å². The van der Waals surface area contributed by atoms with Crippen molar-refractivity contribution in [3.63, 3.8) is 0 Å². The number of hydrogen-bond donors (Lipinski definition) is 4. The van der Waals surface area contributed by atoms with Crippen LogP contribution in [0.4, 0.5) is 0 Å². The zero-order chi connectivity index (χ0) is 28.6. The summed E-state index contributed by atoms with van der Waals surface area (Å²) < 4.78 is 12.3. The smallest absolute Gasteiger partial charge is 0.232 e. The molecule has 214 valence electrons. The molecule has 0 saturated heterocycles. The van der Waals surface area contributed by atoms with Gasteiger partial charge in [-0.2, -0.15) is 0 Å². The van der Waals surface area contributed by atoms with Gasteiger partial charge in [-0.3, -0.25) is 9.59 Å². The van der Waals surface area contributed by atoms with Crippen molar-refractivity contribution >= 4 is 11.8 Å². The van der Waals surface area contributed by atoms with Crippen LogP contribution in [0.5, 0.6) is 11.5 Å². The highest BCUT2D eigenvalue weighted by atomic mass is 16.5. The van der Waals surface area contributed by atoms with Crippen molar-refractivity contribution in [3.8, 4) is 11.5 Å². The summed E-state index contributed by atoms with van der Waals surface area (Å²) in [5.74, 6) is -0.664. The van der Waals surface area contributed by atoms with E-state index in [1.165, 1.54) is 0 Å². The Bertz CT molecular complexity index is 1350. The second kappa shape index (κ2) is 13.6. The predicted octanol–water partition coefficient (Wildman–Crippen LogP) is 4.11. The van der Waals surface area contributed by atoms with Crippen LogP contribution in [0.25, 0.3) is 0 Å². The van der Waals surface area contributed by atoms with E-state index >= 15 is 0 Å². The third kappa shape index (κ3) is 7.41. The normalized spacial score (nSPS) is 26.0. The Hall–Kier alpha value is -3.98. The van der Waals surface area contributed by atoms with Gasteiger partial charge in [0.15, 0.2) is 0 Å². The van der Waals surface area contributed by atoms with E-state index in [1.807, 2.05) is 91.0 Å². The maximum atomic E-state index is 13.2. The molecule has 2 amide bonds. The van der Waals surface area contributed by atoms with Crippen molar-refractivity contribution in [2.24, 2.45) is 11.7 Å². The molecule has 1 aliphatic carbocycles. The first-order valence-electron chi connectivity index (χ1n) is 14.2. The van der Waals surface area contributed by atoms with Crippen molar-refractivity contribution in [1.29, 1.82) is 0 Å². The van der Waals surface area contributed by atoms with Gasteiger partial charge in [0.2, 0.25) is 11.8 Å². The molecule has 8 nitrogen and oxygen atoms in total. The van der Waals surface area contributed by atoms with E-state index in [0.717, 1.165) is 28.2 Å². The van der Waals surface area contributed by atoms with Crippen LogP contribution in [0.15, 0.2) is 91.0 Å². The molecule has 2 unspecified atom stereocenters. The number of allylic oxidation sites excluding steroid dienone is 1. The fourth-order valence-electron chi connectivity index (χ4n) is 5.52. The third-order valence-corrected chi connectivity index (χ3v) is 7.72. The molecule has 0 fully saturated rings. The molecule has 5 atom stereocenters. The molecule has 0 saturated carbocycles. The number of fused-ring (bicyclic) bond motifs is 5. The van der Waals surface area contributed by atoms with E-state index in [0.29, 0.717) is 25.9 Å². The van der Waals surface area contributed by atoms with Gasteiger partial charge in [-0.1, -0.05) is 66.7 Å². The van der Waals surface area contributed by atoms with E-state index in [1.54, 1.807) is 0 Å². The summed E-state index contributed by atoms with van der Waals surface area (Å²) in [6, 6.07) is 24.6. The fraction of sp³-hybridized carbons (Fsp3) is 0.333. The number of ether oxygens (including phenoxy) is 2. The number of rotatable bonds is 5. The molecule has 2 bridgehead atoms. The zero-order valence-corrected chi connectivity index (χ0v) is 22.9. The minimum absolute atomic E-state index is 0.0905. The van der Waals surface area contributed by atoms with E-state index in [4.69, 9.17) is 15.2 Å². The molecule has 41 heavy (non-hydrogen) atoms. The van der Waals surface area contributed by atoms with Crippen LogP contribution in [0.3, 0.4) is 0 Å². The van der Waals surface area contributed by atoms with Gasteiger partial charge in [-0.05, 0) is 66.6 Å². The molecular formula is C33H37N3O5. The number of nitrogens with two attached hydrogens (primary N) is 1. The molecule has 2 aliphatic rings. The SMILES string of the molecule is NC(=O)[C@@H]1CC/C=C/COC2CC(NC[C@@H](O)[C@H](Cc3ccccc3)NC1=O)c1cc(Oc3ccccc3)ccc12. The van der Waals surface area contributed by atoms with Gasteiger partial charge in [-0.25, -0.2) is 0 Å². The fourth-order valence-corrected chi connectivity index (χ4v) is 5.52. The predicted molar refractivity (Wildman–Crippen MR) is 156 cm³/mol. The van der Waals surface area contributed by atoms with Crippen molar-refractivity contribution in [3.05, 3.63) is 108 Å². The number of benzene rings is 3. The van der Waals surface area contributed by atoms with E-state index in [-0.39, 0.29) is 25.1 Å². The van der Waals surface area contributed by atoms with Crippen LogP contribution < -0.4 is 21.1 Å². The monoisotopic (exact) mass is 555 g/mol. The van der Waals surface area contributed by atoms with E-state index in [9.17, 15) is 14.7 Å². The van der Waals surface area contributed by atoms with Gasteiger partial charge in [0.1, 0.15) is 17.4 Å². The summed E-state index contributed by atoms with van der Waals surface area (Å²) in [4.78, 5) is 25.3. The molecule has 1 aliphatic heterocycles. The Morgan fingerprint density at radius 2 is 1.73 bits per heavy atom. The van der Waals surface area contributed by atoms with Gasteiger partial charge in [0, 0.05) is 12.6 Å². The highest BCUT2D eigenvalue weighted by Gasteiger charge is 2.34. The molecule has 5 rings (SSSR count). The summed E-state index contributed by atoms with van der Waals surface area (Å²) in [6.07, 6.45) is 4.66. The molecular weight excluding hydrogens is 518 g/mol. The van der Waals surface area contributed by atoms with Gasteiger partial charge in [0.05, 0.1) is 24.9 Å². The van der Waals surface area contributed by atoms with Crippen LogP contribution in [0, 0.1) is 5.92 Å². The molecule has 0 aromatic heterocycles. The largest absolute Gasteiger partial charge is 0.457 e. The average Bonchev–Trinajstić information content (AvgIpc) is 3.32. The maximum Gasteiger partial charge on any atom is 0.232 e. The topological polar surface area (TPSA) is 123 Å². The lowest BCUT2D eigenvalue weighted by Gasteiger charge is -2.27. The Labute approximate surface area is 240 Å². The number of β-amino-alcohol motifs (C(OH)–C–C–N with tert-alkyl or cyclic N) is 1.